The zero-order chi connectivity index (χ0) is 29.7. The summed E-state index contributed by atoms with van der Waals surface area (Å²) in [4.78, 5) is 43.7. The van der Waals surface area contributed by atoms with Gasteiger partial charge >= 0.3 is 0 Å². The largest absolute Gasteiger partial charge is 0.494 e. The molecule has 4 rings (SSSR count). The van der Waals surface area contributed by atoms with Crippen molar-refractivity contribution in [1.29, 1.82) is 0 Å². The van der Waals surface area contributed by atoms with Crippen LogP contribution in [0, 0.1) is 17.3 Å². The molecule has 222 valence electrons. The van der Waals surface area contributed by atoms with Gasteiger partial charge in [0.1, 0.15) is 17.4 Å². The fourth-order valence-corrected chi connectivity index (χ4v) is 7.71. The first-order valence-electron chi connectivity index (χ1n) is 14.6. The highest BCUT2D eigenvalue weighted by Crippen LogP contribution is 2.64. The lowest BCUT2D eigenvalue weighted by molar-refractivity contribution is -0.150. The van der Waals surface area contributed by atoms with Crippen molar-refractivity contribution >= 4 is 23.4 Å². The Labute approximate surface area is 238 Å². The van der Waals surface area contributed by atoms with E-state index in [-0.39, 0.29) is 29.7 Å². The lowest BCUT2D eigenvalue weighted by atomic mass is 9.65. The summed E-state index contributed by atoms with van der Waals surface area (Å²) < 4.78 is 12.3. The molecule has 0 aromatic heterocycles. The van der Waals surface area contributed by atoms with Crippen molar-refractivity contribution in [3.63, 3.8) is 0 Å². The molecule has 0 aliphatic carbocycles. The van der Waals surface area contributed by atoms with Crippen LogP contribution in [0.1, 0.15) is 81.1 Å². The molecule has 1 aromatic carbocycles. The lowest BCUT2D eigenvalue weighted by Crippen LogP contribution is -2.61. The number of hydrogen-bond acceptors (Lipinski definition) is 6. The predicted octanol–water partition coefficient (Wildman–Crippen LogP) is 3.89. The van der Waals surface area contributed by atoms with Crippen LogP contribution in [0.25, 0.3) is 0 Å². The van der Waals surface area contributed by atoms with E-state index in [0.29, 0.717) is 37.3 Å². The first-order valence-corrected chi connectivity index (χ1v) is 14.6. The molecular weight excluding hydrogens is 510 g/mol. The fraction of sp³-hybridized carbons (Fsp3) is 0.710. The molecule has 1 spiro atoms. The average Bonchev–Trinajstić information content (AvgIpc) is 3.46. The number of aliphatic hydroxyl groups excluding tert-OH is 1. The van der Waals surface area contributed by atoms with Gasteiger partial charge in [-0.15, -0.1) is 0 Å². The van der Waals surface area contributed by atoms with E-state index in [1.54, 1.807) is 31.2 Å². The van der Waals surface area contributed by atoms with Crippen LogP contribution in [0.15, 0.2) is 24.3 Å². The number of rotatable bonds is 10. The van der Waals surface area contributed by atoms with Crippen molar-refractivity contribution < 1.29 is 29.0 Å². The summed E-state index contributed by atoms with van der Waals surface area (Å²) >= 11 is 0. The molecule has 40 heavy (non-hydrogen) atoms. The van der Waals surface area contributed by atoms with Crippen LogP contribution in [0.5, 0.6) is 5.75 Å². The molecule has 3 saturated heterocycles. The number of nitrogens with zero attached hydrogens (tertiary/aromatic N) is 1. The van der Waals surface area contributed by atoms with Crippen molar-refractivity contribution in [2.24, 2.45) is 17.3 Å². The average molecular weight is 558 g/mol. The second kappa shape index (κ2) is 10.6. The summed E-state index contributed by atoms with van der Waals surface area (Å²) in [5.41, 5.74) is -1.95. The van der Waals surface area contributed by atoms with E-state index in [9.17, 15) is 19.5 Å². The van der Waals surface area contributed by atoms with E-state index < -0.39 is 40.7 Å². The first kappa shape index (κ1) is 30.3. The van der Waals surface area contributed by atoms with Crippen molar-refractivity contribution in [1.82, 2.24) is 10.2 Å². The van der Waals surface area contributed by atoms with Crippen LogP contribution in [0.4, 0.5) is 5.69 Å². The Balaban J connectivity index is 1.69. The number of hydrogen-bond donors (Lipinski definition) is 3. The van der Waals surface area contributed by atoms with Crippen LogP contribution in [0.2, 0.25) is 0 Å². The van der Waals surface area contributed by atoms with E-state index in [4.69, 9.17) is 9.47 Å². The summed E-state index contributed by atoms with van der Waals surface area (Å²) in [5, 5.41) is 16.3. The van der Waals surface area contributed by atoms with Gasteiger partial charge in [-0.1, -0.05) is 27.7 Å². The van der Waals surface area contributed by atoms with Gasteiger partial charge in [0.05, 0.1) is 36.7 Å². The molecule has 9 heteroatoms. The molecule has 3 N–H and O–H groups in total. The minimum Gasteiger partial charge on any atom is -0.494 e. The summed E-state index contributed by atoms with van der Waals surface area (Å²) in [7, 11) is 0. The van der Waals surface area contributed by atoms with Crippen molar-refractivity contribution in [3.8, 4) is 5.75 Å². The molecular formula is C31H47N3O6. The van der Waals surface area contributed by atoms with Crippen LogP contribution in [-0.2, 0) is 19.1 Å². The van der Waals surface area contributed by atoms with Gasteiger partial charge < -0.3 is 30.1 Å². The number of ether oxygens (including phenoxy) is 2. The van der Waals surface area contributed by atoms with Gasteiger partial charge in [0.15, 0.2) is 0 Å². The predicted molar refractivity (Wildman–Crippen MR) is 153 cm³/mol. The molecule has 9 nitrogen and oxygen atoms in total. The van der Waals surface area contributed by atoms with Gasteiger partial charge in [0, 0.05) is 11.2 Å². The minimum absolute atomic E-state index is 0.0280. The lowest BCUT2D eigenvalue weighted by Gasteiger charge is -2.39. The minimum atomic E-state index is -1.14. The third kappa shape index (κ3) is 5.22. The van der Waals surface area contributed by atoms with Gasteiger partial charge in [-0.05, 0) is 83.1 Å². The second-order valence-electron chi connectivity index (χ2n) is 13.7. The fourth-order valence-electron chi connectivity index (χ4n) is 7.71. The maximum absolute atomic E-state index is 14.2. The van der Waals surface area contributed by atoms with Gasteiger partial charge in [0.2, 0.25) is 17.7 Å². The Bertz CT molecular complexity index is 1130. The highest BCUT2D eigenvalue weighted by atomic mass is 16.5. The number of benzene rings is 1. The zero-order valence-corrected chi connectivity index (χ0v) is 25.3. The SMILES string of the molecule is CCOc1ccc(NC(=O)[C@@H]2[C@H]3C(=O)N([C@H](C)CO)C(C(=O)NC(C)(C)CC(C)(C)C)C34CC[C@@]2(CC)O4)cc1. The molecule has 6 atom stereocenters. The van der Waals surface area contributed by atoms with Crippen LogP contribution >= 0.6 is 0 Å². The Morgan fingerprint density at radius 1 is 1.12 bits per heavy atom. The molecule has 3 amide bonds. The van der Waals surface area contributed by atoms with E-state index in [0.717, 1.165) is 6.42 Å². The number of fused-ring (bicyclic) bond motifs is 1. The first-order chi connectivity index (χ1) is 18.6. The highest BCUT2D eigenvalue weighted by Gasteiger charge is 2.79. The van der Waals surface area contributed by atoms with Crippen molar-refractivity contribution in [2.75, 3.05) is 18.5 Å². The summed E-state index contributed by atoms with van der Waals surface area (Å²) in [6, 6.07) is 5.58. The Morgan fingerprint density at radius 2 is 1.77 bits per heavy atom. The normalized spacial score (nSPS) is 30.3. The summed E-state index contributed by atoms with van der Waals surface area (Å²) in [6.45, 7) is 16.2. The highest BCUT2D eigenvalue weighted by molar-refractivity contribution is 6.02. The summed E-state index contributed by atoms with van der Waals surface area (Å²) in [5.74, 6) is -1.78. The van der Waals surface area contributed by atoms with Crippen LogP contribution in [-0.4, -0.2) is 69.8 Å². The molecule has 2 bridgehead atoms. The van der Waals surface area contributed by atoms with Crippen molar-refractivity contribution in [2.45, 2.75) is 110 Å². The maximum Gasteiger partial charge on any atom is 0.246 e. The smallest absolute Gasteiger partial charge is 0.246 e. The number of nitrogens with one attached hydrogen (secondary N) is 2. The molecule has 3 aliphatic rings. The van der Waals surface area contributed by atoms with E-state index in [2.05, 4.69) is 31.4 Å². The van der Waals surface area contributed by atoms with Crippen LogP contribution < -0.4 is 15.4 Å². The Hall–Kier alpha value is -2.65. The molecule has 3 aliphatic heterocycles. The van der Waals surface area contributed by atoms with E-state index in [1.165, 1.54) is 4.90 Å². The molecule has 3 heterocycles. The van der Waals surface area contributed by atoms with Gasteiger partial charge in [-0.2, -0.15) is 0 Å². The summed E-state index contributed by atoms with van der Waals surface area (Å²) in [6.07, 6.45) is 2.34. The van der Waals surface area contributed by atoms with E-state index in [1.807, 2.05) is 27.7 Å². The topological polar surface area (TPSA) is 117 Å². The van der Waals surface area contributed by atoms with Gasteiger partial charge in [-0.3, -0.25) is 14.4 Å². The Kier molecular flexibility index (Phi) is 8.06. The maximum atomic E-state index is 14.2. The molecule has 0 radical (unpaired) electrons. The van der Waals surface area contributed by atoms with Gasteiger partial charge in [-0.25, -0.2) is 0 Å². The van der Waals surface area contributed by atoms with Gasteiger partial charge in [0.25, 0.3) is 0 Å². The molecule has 2 unspecified atom stereocenters. The van der Waals surface area contributed by atoms with Crippen LogP contribution in [0.3, 0.4) is 0 Å². The monoisotopic (exact) mass is 557 g/mol. The Morgan fingerprint density at radius 3 is 2.33 bits per heavy atom. The number of carbonyl (C=O) groups is 3. The quantitative estimate of drug-likeness (QED) is 0.402. The number of carbonyl (C=O) groups excluding carboxylic acids is 3. The molecule has 0 saturated carbocycles. The molecule has 1 aromatic rings. The van der Waals surface area contributed by atoms with E-state index >= 15 is 0 Å². The number of aliphatic hydroxyl groups is 1. The molecule has 3 fully saturated rings. The second-order valence-corrected chi connectivity index (χ2v) is 13.7. The zero-order valence-electron chi connectivity index (χ0n) is 25.3. The van der Waals surface area contributed by atoms with Crippen molar-refractivity contribution in [3.05, 3.63) is 24.3 Å². The number of likely N-dealkylation sites (tertiary alicyclic amines) is 1. The third-order valence-electron chi connectivity index (χ3n) is 8.76. The number of amides is 3. The third-order valence-corrected chi connectivity index (χ3v) is 8.76. The standard InChI is InChI=1S/C31H47N3O6/c1-9-30-15-16-31(40-30)23(22(30)25(36)32-20-11-13-21(14-12-20)39-10-2)27(38)34(19(3)17-35)24(31)26(37)33-29(7,8)18-28(4,5)6/h11-14,19,22-24,35H,9-10,15-18H2,1-8H3,(H,32,36)(H,33,37)/t19-,22+,23+,24?,30-,31?/m1/s1. The number of anilines is 1.